The van der Waals surface area contributed by atoms with E-state index in [1.165, 1.54) is 32.1 Å². The van der Waals surface area contributed by atoms with Crippen LogP contribution >= 0.6 is 0 Å². The van der Waals surface area contributed by atoms with Crippen LogP contribution in [0.3, 0.4) is 0 Å². The lowest BCUT2D eigenvalue weighted by atomic mass is 9.62. The molecule has 1 rings (SSSR count). The molecule has 18 heavy (non-hydrogen) atoms. The van der Waals surface area contributed by atoms with Crippen molar-refractivity contribution in [1.82, 2.24) is 4.90 Å². The summed E-state index contributed by atoms with van der Waals surface area (Å²) in [5, 5.41) is 0. The molecule has 2 atom stereocenters. The fourth-order valence-electron chi connectivity index (χ4n) is 3.99. The summed E-state index contributed by atoms with van der Waals surface area (Å²) in [6.45, 7) is 12.6. The van der Waals surface area contributed by atoms with Crippen LogP contribution in [0.2, 0.25) is 0 Å². The van der Waals surface area contributed by atoms with Gasteiger partial charge in [0.15, 0.2) is 0 Å². The van der Waals surface area contributed by atoms with Crippen LogP contribution < -0.4 is 5.73 Å². The van der Waals surface area contributed by atoms with Crippen LogP contribution in [0.15, 0.2) is 0 Å². The second-order valence-electron chi connectivity index (χ2n) is 7.42. The average Bonchev–Trinajstić information content (AvgIpc) is 2.27. The number of nitrogens with zero attached hydrogens (tertiary/aromatic N) is 1. The molecule has 0 aromatic rings. The number of likely N-dealkylation sites (N-methyl/N-ethyl adjacent to an activating group) is 1. The molecule has 1 aliphatic rings. The highest BCUT2D eigenvalue weighted by atomic mass is 15.2. The van der Waals surface area contributed by atoms with Gasteiger partial charge in [-0.3, -0.25) is 4.90 Å². The van der Waals surface area contributed by atoms with Crippen molar-refractivity contribution in [3.05, 3.63) is 0 Å². The third-order valence-corrected chi connectivity index (χ3v) is 5.39. The Bertz CT molecular complexity index is 260. The average molecular weight is 254 g/mol. The number of nitrogens with two attached hydrogens (primary N) is 1. The molecule has 0 bridgehead atoms. The standard InChI is InChI=1S/C16H34N2/c1-13(2)11-14(3)18(6)16(12-17)10-8-7-9-15(16,4)5/h13-14H,7-12,17H2,1-6H3. The molecule has 2 N–H and O–H groups in total. The van der Waals surface area contributed by atoms with Crippen molar-refractivity contribution < 1.29 is 0 Å². The van der Waals surface area contributed by atoms with Gasteiger partial charge in [-0.2, -0.15) is 0 Å². The Labute approximate surface area is 114 Å². The molecule has 2 heteroatoms. The summed E-state index contributed by atoms with van der Waals surface area (Å²) in [5.41, 5.74) is 6.77. The first-order chi connectivity index (χ1) is 8.27. The second kappa shape index (κ2) is 5.92. The van der Waals surface area contributed by atoms with E-state index in [0.717, 1.165) is 12.5 Å². The van der Waals surface area contributed by atoms with Crippen LogP contribution in [-0.4, -0.2) is 30.1 Å². The minimum atomic E-state index is 0.194. The minimum Gasteiger partial charge on any atom is -0.329 e. The minimum absolute atomic E-state index is 0.194. The molecule has 1 fully saturated rings. The fourth-order valence-corrected chi connectivity index (χ4v) is 3.99. The largest absolute Gasteiger partial charge is 0.329 e. The maximum absolute atomic E-state index is 6.24. The highest BCUT2D eigenvalue weighted by Crippen LogP contribution is 2.47. The first kappa shape index (κ1) is 16.0. The van der Waals surface area contributed by atoms with E-state index in [2.05, 4.69) is 46.6 Å². The zero-order valence-corrected chi connectivity index (χ0v) is 13.4. The highest BCUT2D eigenvalue weighted by Gasteiger charge is 2.49. The fraction of sp³-hybridized carbons (Fsp3) is 1.00. The van der Waals surface area contributed by atoms with E-state index in [4.69, 9.17) is 5.73 Å². The predicted molar refractivity (Wildman–Crippen MR) is 80.7 cm³/mol. The number of hydrogen-bond donors (Lipinski definition) is 1. The lowest BCUT2D eigenvalue weighted by Crippen LogP contribution is -2.64. The smallest absolute Gasteiger partial charge is 0.0382 e. The summed E-state index contributed by atoms with van der Waals surface area (Å²) in [5.74, 6) is 0.754. The van der Waals surface area contributed by atoms with E-state index in [0.29, 0.717) is 11.5 Å². The first-order valence-corrected chi connectivity index (χ1v) is 7.70. The molecule has 1 aliphatic carbocycles. The Morgan fingerprint density at radius 1 is 1.11 bits per heavy atom. The first-order valence-electron chi connectivity index (χ1n) is 7.70. The summed E-state index contributed by atoms with van der Waals surface area (Å²) in [7, 11) is 2.30. The lowest BCUT2D eigenvalue weighted by Gasteiger charge is -2.57. The van der Waals surface area contributed by atoms with Gasteiger partial charge in [-0.05, 0) is 44.6 Å². The van der Waals surface area contributed by atoms with Crippen LogP contribution in [0.25, 0.3) is 0 Å². The summed E-state index contributed by atoms with van der Waals surface area (Å²) in [6.07, 6.45) is 6.52. The van der Waals surface area contributed by atoms with Gasteiger partial charge in [0.1, 0.15) is 0 Å². The van der Waals surface area contributed by atoms with E-state index in [-0.39, 0.29) is 5.54 Å². The summed E-state index contributed by atoms with van der Waals surface area (Å²) >= 11 is 0. The molecule has 108 valence electrons. The Hall–Kier alpha value is -0.0800. The summed E-state index contributed by atoms with van der Waals surface area (Å²) in [6, 6.07) is 0.617. The van der Waals surface area contributed by atoms with Crippen molar-refractivity contribution in [2.24, 2.45) is 17.1 Å². The molecular weight excluding hydrogens is 220 g/mol. The molecule has 0 aliphatic heterocycles. The number of hydrogen-bond acceptors (Lipinski definition) is 2. The number of rotatable bonds is 5. The van der Waals surface area contributed by atoms with Gasteiger partial charge in [0.25, 0.3) is 0 Å². The SMILES string of the molecule is CC(C)CC(C)N(C)C1(CN)CCCCC1(C)C. The Balaban J connectivity index is 2.91. The predicted octanol–water partition coefficient (Wildman–Crippen LogP) is 3.65. The van der Waals surface area contributed by atoms with Crippen molar-refractivity contribution in [1.29, 1.82) is 0 Å². The molecule has 0 aromatic heterocycles. The van der Waals surface area contributed by atoms with Gasteiger partial charge in [-0.1, -0.05) is 40.5 Å². The van der Waals surface area contributed by atoms with Gasteiger partial charge in [0.05, 0.1) is 0 Å². The van der Waals surface area contributed by atoms with E-state index < -0.39 is 0 Å². The Morgan fingerprint density at radius 2 is 1.67 bits per heavy atom. The van der Waals surface area contributed by atoms with Crippen molar-refractivity contribution in [3.63, 3.8) is 0 Å². The van der Waals surface area contributed by atoms with E-state index in [1.54, 1.807) is 0 Å². The molecule has 2 nitrogen and oxygen atoms in total. The molecule has 1 saturated carbocycles. The molecule has 0 amide bonds. The zero-order chi connectivity index (χ0) is 14.0. The lowest BCUT2D eigenvalue weighted by molar-refractivity contribution is -0.0517. The van der Waals surface area contributed by atoms with E-state index >= 15 is 0 Å². The monoisotopic (exact) mass is 254 g/mol. The quantitative estimate of drug-likeness (QED) is 0.811. The molecule has 2 unspecified atom stereocenters. The van der Waals surface area contributed by atoms with Crippen LogP contribution in [0.1, 0.15) is 66.7 Å². The van der Waals surface area contributed by atoms with Crippen molar-refractivity contribution in [2.45, 2.75) is 78.3 Å². The molecule has 0 aromatic carbocycles. The van der Waals surface area contributed by atoms with Gasteiger partial charge in [-0.15, -0.1) is 0 Å². The van der Waals surface area contributed by atoms with Crippen LogP contribution in [0.5, 0.6) is 0 Å². The van der Waals surface area contributed by atoms with Crippen molar-refractivity contribution in [3.8, 4) is 0 Å². The zero-order valence-electron chi connectivity index (χ0n) is 13.4. The highest BCUT2D eigenvalue weighted by molar-refractivity contribution is 5.05. The van der Waals surface area contributed by atoms with Gasteiger partial charge in [-0.25, -0.2) is 0 Å². The summed E-state index contributed by atoms with van der Waals surface area (Å²) in [4.78, 5) is 2.60. The van der Waals surface area contributed by atoms with Gasteiger partial charge < -0.3 is 5.73 Å². The third kappa shape index (κ3) is 2.91. The van der Waals surface area contributed by atoms with Crippen LogP contribution in [-0.2, 0) is 0 Å². The maximum Gasteiger partial charge on any atom is 0.0382 e. The molecule has 0 heterocycles. The summed E-state index contributed by atoms with van der Waals surface area (Å²) < 4.78 is 0. The molecular formula is C16H34N2. The van der Waals surface area contributed by atoms with Crippen LogP contribution in [0.4, 0.5) is 0 Å². The second-order valence-corrected chi connectivity index (χ2v) is 7.42. The third-order valence-electron chi connectivity index (χ3n) is 5.39. The van der Waals surface area contributed by atoms with E-state index in [9.17, 15) is 0 Å². The van der Waals surface area contributed by atoms with Gasteiger partial charge in [0.2, 0.25) is 0 Å². The van der Waals surface area contributed by atoms with E-state index in [1.807, 2.05) is 0 Å². The van der Waals surface area contributed by atoms with Crippen LogP contribution in [0, 0.1) is 11.3 Å². The molecule has 0 saturated heterocycles. The van der Waals surface area contributed by atoms with Crippen molar-refractivity contribution in [2.75, 3.05) is 13.6 Å². The van der Waals surface area contributed by atoms with Gasteiger partial charge in [0, 0.05) is 18.1 Å². The Morgan fingerprint density at radius 3 is 2.11 bits per heavy atom. The topological polar surface area (TPSA) is 29.3 Å². The van der Waals surface area contributed by atoms with Crippen molar-refractivity contribution >= 4 is 0 Å². The maximum atomic E-state index is 6.24. The molecule has 0 radical (unpaired) electrons. The van der Waals surface area contributed by atoms with Gasteiger partial charge >= 0.3 is 0 Å². The molecule has 0 spiro atoms. The normalized spacial score (nSPS) is 29.8. The Kier molecular flexibility index (Phi) is 5.25.